The highest BCUT2D eigenvalue weighted by molar-refractivity contribution is 7.17. The van der Waals surface area contributed by atoms with Crippen LogP contribution in [0.4, 0.5) is 4.39 Å². The van der Waals surface area contributed by atoms with Crippen LogP contribution in [-0.4, -0.2) is 9.55 Å². The monoisotopic (exact) mass is 370 g/mol. The smallest absolute Gasteiger partial charge is 0.271 e. The zero-order chi connectivity index (χ0) is 17.4. The standard InChI is InChI=1S/C19H12ClFN2OS/c20-14-3-1-2-12(8-14)9-23-11-22-17-16(10-25-18(17)19(23)24)13-4-6-15(21)7-5-13/h1-8,10-11H,9H2. The predicted molar refractivity (Wildman–Crippen MR) is 99.8 cm³/mol. The van der Waals surface area contributed by atoms with Gasteiger partial charge in [-0.1, -0.05) is 35.9 Å². The second-order valence-electron chi connectivity index (χ2n) is 5.64. The minimum absolute atomic E-state index is 0.0941. The maximum absolute atomic E-state index is 13.1. The molecule has 0 spiro atoms. The van der Waals surface area contributed by atoms with Gasteiger partial charge in [0.2, 0.25) is 0 Å². The second kappa shape index (κ2) is 6.43. The van der Waals surface area contributed by atoms with Crippen LogP contribution in [0.15, 0.2) is 65.0 Å². The highest BCUT2D eigenvalue weighted by Crippen LogP contribution is 2.30. The van der Waals surface area contributed by atoms with Gasteiger partial charge in [-0.25, -0.2) is 9.37 Å². The van der Waals surface area contributed by atoms with E-state index in [0.29, 0.717) is 21.8 Å². The van der Waals surface area contributed by atoms with Crippen molar-refractivity contribution in [3.63, 3.8) is 0 Å². The van der Waals surface area contributed by atoms with Crippen LogP contribution in [-0.2, 0) is 6.54 Å². The van der Waals surface area contributed by atoms with Crippen molar-refractivity contribution in [1.82, 2.24) is 9.55 Å². The summed E-state index contributed by atoms with van der Waals surface area (Å²) in [5.74, 6) is -0.292. The van der Waals surface area contributed by atoms with E-state index in [1.54, 1.807) is 29.1 Å². The van der Waals surface area contributed by atoms with E-state index in [2.05, 4.69) is 4.98 Å². The first-order chi connectivity index (χ1) is 12.1. The number of nitrogens with zero attached hydrogens (tertiary/aromatic N) is 2. The molecule has 0 fully saturated rings. The van der Waals surface area contributed by atoms with E-state index in [1.807, 2.05) is 23.6 Å². The zero-order valence-electron chi connectivity index (χ0n) is 12.9. The average molecular weight is 371 g/mol. The van der Waals surface area contributed by atoms with Gasteiger partial charge in [-0.2, -0.15) is 0 Å². The van der Waals surface area contributed by atoms with Crippen molar-refractivity contribution in [3.05, 3.63) is 87.0 Å². The van der Waals surface area contributed by atoms with Gasteiger partial charge >= 0.3 is 0 Å². The Labute approximate surface area is 152 Å². The van der Waals surface area contributed by atoms with E-state index >= 15 is 0 Å². The number of fused-ring (bicyclic) bond motifs is 1. The Hall–Kier alpha value is -2.50. The van der Waals surface area contributed by atoms with Crippen molar-refractivity contribution >= 4 is 33.2 Å². The molecule has 0 bridgehead atoms. The van der Waals surface area contributed by atoms with Crippen LogP contribution in [0.1, 0.15) is 5.56 Å². The largest absolute Gasteiger partial charge is 0.294 e. The Morgan fingerprint density at radius 3 is 2.72 bits per heavy atom. The van der Waals surface area contributed by atoms with Gasteiger partial charge in [0.15, 0.2) is 0 Å². The number of rotatable bonds is 3. The first kappa shape index (κ1) is 16.0. The number of thiophene rings is 1. The van der Waals surface area contributed by atoms with Crippen molar-refractivity contribution in [3.8, 4) is 11.1 Å². The van der Waals surface area contributed by atoms with Crippen LogP contribution >= 0.6 is 22.9 Å². The summed E-state index contributed by atoms with van der Waals surface area (Å²) in [6, 6.07) is 13.6. The summed E-state index contributed by atoms with van der Waals surface area (Å²) in [5.41, 5.74) is 3.16. The molecule has 0 aliphatic rings. The van der Waals surface area contributed by atoms with Gasteiger partial charge in [0.05, 0.1) is 18.4 Å². The molecule has 0 N–H and O–H groups in total. The topological polar surface area (TPSA) is 34.9 Å². The van der Waals surface area contributed by atoms with Gasteiger partial charge in [-0.15, -0.1) is 11.3 Å². The van der Waals surface area contributed by atoms with Gasteiger partial charge in [0.1, 0.15) is 10.5 Å². The third-order valence-electron chi connectivity index (χ3n) is 3.94. The van der Waals surface area contributed by atoms with E-state index in [0.717, 1.165) is 16.7 Å². The van der Waals surface area contributed by atoms with E-state index in [1.165, 1.54) is 23.5 Å². The van der Waals surface area contributed by atoms with Crippen molar-refractivity contribution in [1.29, 1.82) is 0 Å². The minimum Gasteiger partial charge on any atom is -0.294 e. The number of halogens is 2. The molecule has 2 heterocycles. The average Bonchev–Trinajstić information content (AvgIpc) is 3.03. The molecule has 6 heteroatoms. The lowest BCUT2D eigenvalue weighted by Gasteiger charge is -2.06. The molecule has 0 aliphatic carbocycles. The van der Waals surface area contributed by atoms with Crippen LogP contribution in [0.2, 0.25) is 5.02 Å². The lowest BCUT2D eigenvalue weighted by atomic mass is 10.1. The summed E-state index contributed by atoms with van der Waals surface area (Å²) in [6.45, 7) is 0.409. The Morgan fingerprint density at radius 2 is 1.96 bits per heavy atom. The third kappa shape index (κ3) is 3.08. The molecule has 2 aromatic heterocycles. The van der Waals surface area contributed by atoms with Gasteiger partial charge < -0.3 is 0 Å². The van der Waals surface area contributed by atoms with Crippen molar-refractivity contribution in [2.24, 2.45) is 0 Å². The quantitative estimate of drug-likeness (QED) is 0.510. The summed E-state index contributed by atoms with van der Waals surface area (Å²) < 4.78 is 15.3. The zero-order valence-corrected chi connectivity index (χ0v) is 14.5. The molecule has 0 radical (unpaired) electrons. The molecule has 0 saturated heterocycles. The third-order valence-corrected chi connectivity index (χ3v) is 5.14. The van der Waals surface area contributed by atoms with Gasteiger partial charge in [-0.05, 0) is 35.4 Å². The molecule has 0 amide bonds. The summed E-state index contributed by atoms with van der Waals surface area (Å²) in [4.78, 5) is 17.2. The highest BCUT2D eigenvalue weighted by atomic mass is 35.5. The fourth-order valence-corrected chi connectivity index (χ4v) is 3.91. The van der Waals surface area contributed by atoms with E-state index in [-0.39, 0.29) is 11.4 Å². The number of benzene rings is 2. The van der Waals surface area contributed by atoms with Crippen LogP contribution in [0, 0.1) is 5.82 Å². The number of aromatic nitrogens is 2. The fourth-order valence-electron chi connectivity index (χ4n) is 2.72. The molecule has 0 saturated carbocycles. The van der Waals surface area contributed by atoms with Gasteiger partial charge in [-0.3, -0.25) is 9.36 Å². The van der Waals surface area contributed by atoms with Crippen molar-refractivity contribution < 1.29 is 4.39 Å². The van der Waals surface area contributed by atoms with Crippen LogP contribution < -0.4 is 5.56 Å². The Balaban J connectivity index is 1.77. The van der Waals surface area contributed by atoms with E-state index in [4.69, 9.17) is 11.6 Å². The summed E-state index contributed by atoms with van der Waals surface area (Å²) in [6.07, 6.45) is 1.55. The first-order valence-electron chi connectivity index (χ1n) is 7.59. The maximum Gasteiger partial charge on any atom is 0.271 e. The lowest BCUT2D eigenvalue weighted by molar-refractivity contribution is 0.628. The fraction of sp³-hybridized carbons (Fsp3) is 0.0526. The summed E-state index contributed by atoms with van der Waals surface area (Å²) in [7, 11) is 0. The second-order valence-corrected chi connectivity index (χ2v) is 6.96. The summed E-state index contributed by atoms with van der Waals surface area (Å²) >= 11 is 7.35. The molecular formula is C19H12ClFN2OS. The molecule has 0 atom stereocenters. The molecule has 0 aliphatic heterocycles. The Kier molecular flexibility index (Phi) is 4.11. The maximum atomic E-state index is 13.1. The molecule has 124 valence electrons. The molecule has 2 aromatic carbocycles. The normalized spacial score (nSPS) is 11.1. The van der Waals surface area contributed by atoms with Crippen LogP contribution in [0.5, 0.6) is 0 Å². The van der Waals surface area contributed by atoms with Gasteiger partial charge in [0.25, 0.3) is 5.56 Å². The van der Waals surface area contributed by atoms with Crippen molar-refractivity contribution in [2.75, 3.05) is 0 Å². The Morgan fingerprint density at radius 1 is 1.16 bits per heavy atom. The summed E-state index contributed by atoms with van der Waals surface area (Å²) in [5, 5.41) is 2.52. The van der Waals surface area contributed by atoms with E-state index in [9.17, 15) is 9.18 Å². The molecule has 25 heavy (non-hydrogen) atoms. The number of hydrogen-bond acceptors (Lipinski definition) is 3. The van der Waals surface area contributed by atoms with Crippen molar-refractivity contribution in [2.45, 2.75) is 6.54 Å². The molecule has 4 rings (SSSR count). The Bertz CT molecular complexity index is 1120. The SMILES string of the molecule is O=c1c2scc(-c3ccc(F)cc3)c2ncn1Cc1cccc(Cl)c1. The van der Waals surface area contributed by atoms with E-state index < -0.39 is 0 Å². The predicted octanol–water partition coefficient (Wildman–Crippen LogP) is 4.97. The van der Waals surface area contributed by atoms with Crippen LogP contribution in [0.3, 0.4) is 0 Å². The molecule has 4 aromatic rings. The minimum atomic E-state index is -0.292. The molecule has 3 nitrogen and oxygen atoms in total. The van der Waals surface area contributed by atoms with Crippen LogP contribution in [0.25, 0.3) is 21.3 Å². The molecular weight excluding hydrogens is 359 g/mol. The highest BCUT2D eigenvalue weighted by Gasteiger charge is 2.13. The number of hydrogen-bond donors (Lipinski definition) is 0. The molecule has 0 unspecified atom stereocenters. The lowest BCUT2D eigenvalue weighted by Crippen LogP contribution is -2.20. The first-order valence-corrected chi connectivity index (χ1v) is 8.84. The van der Waals surface area contributed by atoms with Gasteiger partial charge in [0, 0.05) is 16.0 Å².